The Bertz CT molecular complexity index is 841. The van der Waals surface area contributed by atoms with Gasteiger partial charge in [0.25, 0.3) is 0 Å². The lowest BCUT2D eigenvalue weighted by molar-refractivity contribution is -0.131. The fourth-order valence-corrected chi connectivity index (χ4v) is 4.24. The highest BCUT2D eigenvalue weighted by atomic mass is 31.2. The highest BCUT2D eigenvalue weighted by molar-refractivity contribution is 7.50. The molecule has 3 rings (SSSR count). The van der Waals surface area contributed by atoms with Crippen LogP contribution in [0.5, 0.6) is 5.75 Å². The molecule has 2 heterocycles. The number of esters is 1. The van der Waals surface area contributed by atoms with Gasteiger partial charge in [0.05, 0.1) is 5.52 Å². The monoisotopic (exact) mass is 366 g/mol. The van der Waals surface area contributed by atoms with Crippen molar-refractivity contribution in [2.45, 2.75) is 38.5 Å². The van der Waals surface area contributed by atoms with Crippen LogP contribution in [0, 0.1) is 0 Å². The molecule has 0 amide bonds. The second kappa shape index (κ2) is 6.92. The Balaban J connectivity index is 2.09. The molecule has 1 aromatic carbocycles. The molecule has 1 aromatic heterocycles. The van der Waals surface area contributed by atoms with Gasteiger partial charge in [0.15, 0.2) is 0 Å². The van der Waals surface area contributed by atoms with Crippen LogP contribution in [0.4, 0.5) is 0 Å². The number of nitrogens with zero attached hydrogens (tertiary/aromatic N) is 2. The summed E-state index contributed by atoms with van der Waals surface area (Å²) >= 11 is 0. The molecule has 2 aromatic rings. The van der Waals surface area contributed by atoms with Gasteiger partial charge < -0.3 is 24.0 Å². The molecule has 0 aliphatic carbocycles. The largest absolute Gasteiger partial charge is 0.426 e. The first-order valence-electron chi connectivity index (χ1n) is 8.28. The molecule has 8 heteroatoms. The molecule has 1 fully saturated rings. The number of aromatic nitrogens is 1. The number of benzene rings is 1. The van der Waals surface area contributed by atoms with Crippen LogP contribution in [-0.2, 0) is 22.1 Å². The van der Waals surface area contributed by atoms with Crippen molar-refractivity contribution >= 4 is 24.5 Å². The maximum atomic E-state index is 11.5. The van der Waals surface area contributed by atoms with Crippen LogP contribution in [0.1, 0.15) is 25.3 Å². The zero-order valence-electron chi connectivity index (χ0n) is 14.4. The normalized spacial score (nSPS) is 18.8. The van der Waals surface area contributed by atoms with Gasteiger partial charge in [-0.2, -0.15) is 0 Å². The summed E-state index contributed by atoms with van der Waals surface area (Å²) in [5.74, 6) is 0.0179. The Labute approximate surface area is 146 Å². The van der Waals surface area contributed by atoms with Crippen LogP contribution < -0.4 is 4.74 Å². The summed E-state index contributed by atoms with van der Waals surface area (Å²) in [5.41, 5.74) is 1.61. The maximum absolute atomic E-state index is 11.5. The van der Waals surface area contributed by atoms with E-state index in [1.807, 2.05) is 0 Å². The van der Waals surface area contributed by atoms with Crippen molar-refractivity contribution in [1.29, 1.82) is 0 Å². The molecule has 0 unspecified atom stereocenters. The Kier molecular flexibility index (Phi) is 5.02. The third-order valence-corrected chi connectivity index (χ3v) is 5.34. The van der Waals surface area contributed by atoms with E-state index >= 15 is 0 Å². The number of hydrogen-bond acceptors (Lipinski definition) is 4. The van der Waals surface area contributed by atoms with Crippen LogP contribution in [0.2, 0.25) is 0 Å². The summed E-state index contributed by atoms with van der Waals surface area (Å²) in [5, 5.41) is 0.756. The van der Waals surface area contributed by atoms with E-state index in [1.54, 1.807) is 29.0 Å². The SMILES string of the molecule is CC(=O)Oc1cccc2c1c(C[C@H]1CCCN1C)cn2CP(=O)(O)O. The van der Waals surface area contributed by atoms with Crippen LogP contribution in [0.3, 0.4) is 0 Å². The van der Waals surface area contributed by atoms with Crippen LogP contribution in [-0.4, -0.2) is 44.9 Å². The second-order valence-corrected chi connectivity index (χ2v) is 8.27. The van der Waals surface area contributed by atoms with Gasteiger partial charge in [-0.3, -0.25) is 9.36 Å². The number of carbonyl (C=O) groups is 1. The number of likely N-dealkylation sites (N-methyl/N-ethyl adjacent to an activating group) is 1. The zero-order valence-corrected chi connectivity index (χ0v) is 15.3. The summed E-state index contributed by atoms with van der Waals surface area (Å²) in [7, 11) is -2.14. The molecular formula is C17H23N2O5P. The van der Waals surface area contributed by atoms with E-state index in [2.05, 4.69) is 11.9 Å². The average molecular weight is 366 g/mol. The molecule has 0 bridgehead atoms. The number of likely N-dealkylation sites (tertiary alicyclic amines) is 1. The number of ether oxygens (including phenoxy) is 1. The number of fused-ring (bicyclic) bond motifs is 1. The smallest absolute Gasteiger partial charge is 0.345 e. The van der Waals surface area contributed by atoms with Gasteiger partial charge in [0, 0.05) is 24.5 Å². The van der Waals surface area contributed by atoms with E-state index in [4.69, 9.17) is 4.74 Å². The summed E-state index contributed by atoms with van der Waals surface area (Å²) in [6, 6.07) is 5.61. The molecule has 7 nitrogen and oxygen atoms in total. The Morgan fingerprint density at radius 3 is 2.76 bits per heavy atom. The van der Waals surface area contributed by atoms with Gasteiger partial charge >= 0.3 is 13.6 Å². The van der Waals surface area contributed by atoms with Crippen molar-refractivity contribution in [2.24, 2.45) is 0 Å². The second-order valence-electron chi connectivity index (χ2n) is 6.65. The van der Waals surface area contributed by atoms with Crippen molar-refractivity contribution in [1.82, 2.24) is 9.47 Å². The minimum Gasteiger partial charge on any atom is -0.426 e. The van der Waals surface area contributed by atoms with Crippen molar-refractivity contribution in [3.63, 3.8) is 0 Å². The highest BCUT2D eigenvalue weighted by Gasteiger charge is 2.25. The molecule has 0 saturated carbocycles. The molecule has 0 spiro atoms. The summed E-state index contributed by atoms with van der Waals surface area (Å²) in [6.45, 7) is 2.39. The molecule has 25 heavy (non-hydrogen) atoms. The molecule has 1 aliphatic heterocycles. The molecule has 1 aliphatic rings. The third-order valence-electron chi connectivity index (χ3n) is 4.66. The van der Waals surface area contributed by atoms with E-state index in [1.165, 1.54) is 6.92 Å². The van der Waals surface area contributed by atoms with Crippen LogP contribution in [0.15, 0.2) is 24.4 Å². The standard InChI is InChI=1S/C17H23N2O5P/c1-12(20)24-16-7-3-6-15-17(16)13(9-14-5-4-8-18(14)2)10-19(15)11-25(21,22)23/h3,6-7,10,14H,4-5,8-9,11H2,1-2H3,(H2,21,22,23)/t14-/m1/s1. The summed E-state index contributed by atoms with van der Waals surface area (Å²) in [6.07, 6.45) is 4.35. The first kappa shape index (κ1) is 18.1. The molecule has 0 radical (unpaired) electrons. The molecule has 1 saturated heterocycles. The number of hydrogen-bond donors (Lipinski definition) is 2. The topological polar surface area (TPSA) is 92.0 Å². The van der Waals surface area contributed by atoms with Gasteiger partial charge in [-0.25, -0.2) is 0 Å². The lowest BCUT2D eigenvalue weighted by Gasteiger charge is -2.19. The van der Waals surface area contributed by atoms with Crippen LogP contribution in [0.25, 0.3) is 10.9 Å². The number of carbonyl (C=O) groups excluding carboxylic acids is 1. The summed E-state index contributed by atoms with van der Waals surface area (Å²) < 4.78 is 18.4. The fraction of sp³-hybridized carbons (Fsp3) is 0.471. The van der Waals surface area contributed by atoms with Gasteiger partial charge in [0.2, 0.25) is 0 Å². The highest BCUT2D eigenvalue weighted by Crippen LogP contribution is 2.40. The Morgan fingerprint density at radius 1 is 1.40 bits per heavy atom. The van der Waals surface area contributed by atoms with Gasteiger partial charge in [-0.05, 0) is 50.6 Å². The van der Waals surface area contributed by atoms with E-state index in [0.717, 1.165) is 36.8 Å². The maximum Gasteiger partial charge on any atom is 0.345 e. The molecular weight excluding hydrogens is 343 g/mol. The Hall–Kier alpha value is -1.66. The van der Waals surface area contributed by atoms with E-state index in [0.29, 0.717) is 17.3 Å². The van der Waals surface area contributed by atoms with E-state index in [-0.39, 0.29) is 0 Å². The number of rotatable bonds is 5. The minimum absolute atomic E-state index is 0.375. The quantitative estimate of drug-likeness (QED) is 0.479. The Morgan fingerprint density at radius 2 is 2.16 bits per heavy atom. The van der Waals surface area contributed by atoms with Crippen LogP contribution >= 0.6 is 7.60 Å². The lowest BCUT2D eigenvalue weighted by atomic mass is 10.0. The lowest BCUT2D eigenvalue weighted by Crippen LogP contribution is -2.26. The van der Waals surface area contributed by atoms with E-state index < -0.39 is 19.9 Å². The minimum atomic E-state index is -4.22. The first-order valence-corrected chi connectivity index (χ1v) is 10.1. The molecule has 1 atom stereocenters. The van der Waals surface area contributed by atoms with Crippen molar-refractivity contribution in [3.8, 4) is 5.75 Å². The first-order chi connectivity index (χ1) is 11.7. The molecule has 2 N–H and O–H groups in total. The van der Waals surface area contributed by atoms with Crippen molar-refractivity contribution in [2.75, 3.05) is 13.6 Å². The van der Waals surface area contributed by atoms with Crippen molar-refractivity contribution < 1.29 is 23.9 Å². The zero-order chi connectivity index (χ0) is 18.2. The molecule has 136 valence electrons. The average Bonchev–Trinajstić information content (AvgIpc) is 3.03. The predicted molar refractivity (Wildman–Crippen MR) is 94.6 cm³/mol. The third kappa shape index (κ3) is 4.12. The van der Waals surface area contributed by atoms with Crippen molar-refractivity contribution in [3.05, 3.63) is 30.0 Å². The predicted octanol–water partition coefficient (Wildman–Crippen LogP) is 2.34. The fourth-order valence-electron chi connectivity index (χ4n) is 3.61. The van der Waals surface area contributed by atoms with E-state index in [9.17, 15) is 19.1 Å². The van der Waals surface area contributed by atoms with Gasteiger partial charge in [-0.1, -0.05) is 6.07 Å². The van der Waals surface area contributed by atoms with Gasteiger partial charge in [0.1, 0.15) is 12.0 Å². The summed E-state index contributed by atoms with van der Waals surface area (Å²) in [4.78, 5) is 32.5. The van der Waals surface area contributed by atoms with Gasteiger partial charge in [-0.15, -0.1) is 0 Å².